The summed E-state index contributed by atoms with van der Waals surface area (Å²) in [6.45, 7) is 7.18. The number of nitrogens with zero attached hydrogens (tertiary/aromatic N) is 3. The fourth-order valence-corrected chi connectivity index (χ4v) is 2.87. The summed E-state index contributed by atoms with van der Waals surface area (Å²) in [5, 5.41) is 9.45. The van der Waals surface area contributed by atoms with E-state index in [1.54, 1.807) is 23.2 Å². The number of piperidine rings is 1. The van der Waals surface area contributed by atoms with Crippen molar-refractivity contribution in [1.29, 1.82) is 0 Å². The number of aliphatic imine (C=N–C) groups is 1. The van der Waals surface area contributed by atoms with Crippen LogP contribution < -0.4 is 16.0 Å². The summed E-state index contributed by atoms with van der Waals surface area (Å²) in [6.07, 6.45) is 4.59. The van der Waals surface area contributed by atoms with Gasteiger partial charge in [0.2, 0.25) is 0 Å². The van der Waals surface area contributed by atoms with Crippen molar-refractivity contribution in [3.63, 3.8) is 0 Å². The number of ether oxygens (including phenoxy) is 1. The highest BCUT2D eigenvalue weighted by Crippen LogP contribution is 2.11. The van der Waals surface area contributed by atoms with Gasteiger partial charge in [-0.05, 0) is 38.8 Å². The van der Waals surface area contributed by atoms with Gasteiger partial charge >= 0.3 is 6.09 Å². The molecule has 0 aromatic carbocycles. The Morgan fingerprint density at radius 3 is 2.66 bits per heavy atom. The van der Waals surface area contributed by atoms with Gasteiger partial charge in [-0.3, -0.25) is 14.8 Å². The quantitative estimate of drug-likeness (QED) is 0.219. The zero-order chi connectivity index (χ0) is 20.2. The number of carbonyl (C=O) groups is 2. The zero-order valence-corrected chi connectivity index (χ0v) is 19.3. The standard InChI is InChI=1S/C19H30N6O3.HI/c1-3-21-18(23-11-10-22-17(26)15-6-5-9-20-14-15)24-16-7-12-25(13-8-16)19(27)28-4-2;/h5-6,9,14,16H,3-4,7-8,10-13H2,1-2H3,(H,22,26)(H2,21,23,24);1H. The Labute approximate surface area is 189 Å². The van der Waals surface area contributed by atoms with Crippen LogP contribution in [0.3, 0.4) is 0 Å². The average Bonchev–Trinajstić information content (AvgIpc) is 2.72. The topological polar surface area (TPSA) is 108 Å². The van der Waals surface area contributed by atoms with E-state index in [1.165, 1.54) is 6.20 Å². The first kappa shape index (κ1) is 24.9. The lowest BCUT2D eigenvalue weighted by Crippen LogP contribution is -2.50. The summed E-state index contributed by atoms with van der Waals surface area (Å²) in [6, 6.07) is 3.70. The maximum Gasteiger partial charge on any atom is 0.409 e. The van der Waals surface area contributed by atoms with Crippen LogP contribution in [-0.2, 0) is 4.74 Å². The first-order valence-electron chi connectivity index (χ1n) is 9.78. The van der Waals surface area contributed by atoms with E-state index in [0.717, 1.165) is 19.4 Å². The molecular formula is C19H31IN6O3. The smallest absolute Gasteiger partial charge is 0.409 e. The fourth-order valence-electron chi connectivity index (χ4n) is 2.87. The van der Waals surface area contributed by atoms with E-state index in [9.17, 15) is 9.59 Å². The molecule has 1 aliphatic rings. The van der Waals surface area contributed by atoms with Crippen LogP contribution in [0.5, 0.6) is 0 Å². The van der Waals surface area contributed by atoms with E-state index in [2.05, 4.69) is 25.9 Å². The molecule has 0 radical (unpaired) electrons. The maximum atomic E-state index is 12.0. The largest absolute Gasteiger partial charge is 0.450 e. The highest BCUT2D eigenvalue weighted by atomic mass is 127. The molecule has 2 rings (SSSR count). The average molecular weight is 518 g/mol. The second-order valence-corrected chi connectivity index (χ2v) is 6.36. The number of aromatic nitrogens is 1. The molecule has 1 saturated heterocycles. The lowest BCUT2D eigenvalue weighted by molar-refractivity contribution is 0.0948. The highest BCUT2D eigenvalue weighted by Gasteiger charge is 2.23. The lowest BCUT2D eigenvalue weighted by atomic mass is 10.1. The van der Waals surface area contributed by atoms with Gasteiger partial charge in [-0.1, -0.05) is 0 Å². The first-order chi connectivity index (χ1) is 13.6. The number of halogens is 1. The summed E-state index contributed by atoms with van der Waals surface area (Å²) < 4.78 is 5.05. The number of rotatable bonds is 7. The predicted molar refractivity (Wildman–Crippen MR) is 123 cm³/mol. The van der Waals surface area contributed by atoms with Gasteiger partial charge in [-0.2, -0.15) is 0 Å². The Morgan fingerprint density at radius 2 is 2.03 bits per heavy atom. The molecule has 0 unspecified atom stereocenters. The van der Waals surface area contributed by atoms with Gasteiger partial charge in [0.15, 0.2) is 5.96 Å². The zero-order valence-electron chi connectivity index (χ0n) is 17.0. The molecule has 2 heterocycles. The van der Waals surface area contributed by atoms with Gasteiger partial charge in [0, 0.05) is 44.6 Å². The van der Waals surface area contributed by atoms with Crippen molar-refractivity contribution in [2.24, 2.45) is 4.99 Å². The summed E-state index contributed by atoms with van der Waals surface area (Å²) in [5.41, 5.74) is 0.532. The van der Waals surface area contributed by atoms with Crippen molar-refractivity contribution in [2.75, 3.05) is 39.3 Å². The third-order valence-electron chi connectivity index (χ3n) is 4.30. The summed E-state index contributed by atoms with van der Waals surface area (Å²) >= 11 is 0. The monoisotopic (exact) mass is 518 g/mol. The van der Waals surface area contributed by atoms with E-state index in [-0.39, 0.29) is 42.0 Å². The van der Waals surface area contributed by atoms with Crippen LogP contribution in [0.15, 0.2) is 29.5 Å². The number of hydrogen-bond acceptors (Lipinski definition) is 5. The second kappa shape index (κ2) is 14.0. The predicted octanol–water partition coefficient (Wildman–Crippen LogP) is 1.61. The van der Waals surface area contributed by atoms with Gasteiger partial charge in [0.25, 0.3) is 5.91 Å². The van der Waals surface area contributed by atoms with Crippen molar-refractivity contribution >= 4 is 41.9 Å². The molecule has 162 valence electrons. The molecule has 2 amide bonds. The molecule has 1 aliphatic heterocycles. The number of nitrogens with one attached hydrogen (secondary N) is 3. The fraction of sp³-hybridized carbons (Fsp3) is 0.579. The van der Waals surface area contributed by atoms with Crippen LogP contribution in [0.2, 0.25) is 0 Å². The Morgan fingerprint density at radius 1 is 1.28 bits per heavy atom. The van der Waals surface area contributed by atoms with Gasteiger partial charge < -0.3 is 25.6 Å². The van der Waals surface area contributed by atoms with E-state index in [0.29, 0.717) is 44.3 Å². The highest BCUT2D eigenvalue weighted by molar-refractivity contribution is 14.0. The van der Waals surface area contributed by atoms with Crippen LogP contribution in [0, 0.1) is 0 Å². The maximum absolute atomic E-state index is 12.0. The van der Waals surface area contributed by atoms with Gasteiger partial charge in [0.1, 0.15) is 0 Å². The molecular weight excluding hydrogens is 487 g/mol. The van der Waals surface area contributed by atoms with E-state index in [4.69, 9.17) is 4.74 Å². The minimum absolute atomic E-state index is 0. The minimum atomic E-state index is -0.245. The molecule has 0 bridgehead atoms. The number of amides is 2. The number of guanidine groups is 1. The Balaban J connectivity index is 0.00000420. The van der Waals surface area contributed by atoms with Crippen LogP contribution >= 0.6 is 24.0 Å². The molecule has 0 saturated carbocycles. The minimum Gasteiger partial charge on any atom is -0.450 e. The molecule has 3 N–H and O–H groups in total. The van der Waals surface area contributed by atoms with E-state index < -0.39 is 0 Å². The second-order valence-electron chi connectivity index (χ2n) is 6.36. The normalized spacial score (nSPS) is 14.6. The van der Waals surface area contributed by atoms with Crippen LogP contribution in [0.25, 0.3) is 0 Å². The number of pyridine rings is 1. The van der Waals surface area contributed by atoms with Crippen LogP contribution in [-0.4, -0.2) is 73.2 Å². The Hall–Kier alpha value is -2.11. The summed E-state index contributed by atoms with van der Waals surface area (Å²) in [5.74, 6) is 0.556. The van der Waals surface area contributed by atoms with Gasteiger partial charge in [0.05, 0.1) is 18.7 Å². The molecule has 1 aromatic heterocycles. The Bertz CT molecular complexity index is 651. The van der Waals surface area contributed by atoms with Gasteiger partial charge in [-0.25, -0.2) is 4.79 Å². The van der Waals surface area contributed by atoms with Crippen LogP contribution in [0.1, 0.15) is 37.0 Å². The number of carbonyl (C=O) groups excluding carboxylic acids is 2. The van der Waals surface area contributed by atoms with Crippen molar-refractivity contribution in [3.05, 3.63) is 30.1 Å². The summed E-state index contributed by atoms with van der Waals surface area (Å²) in [4.78, 5) is 33.9. The van der Waals surface area contributed by atoms with Gasteiger partial charge in [-0.15, -0.1) is 24.0 Å². The molecule has 0 atom stereocenters. The molecule has 29 heavy (non-hydrogen) atoms. The van der Waals surface area contributed by atoms with E-state index in [1.807, 2.05) is 13.8 Å². The van der Waals surface area contributed by atoms with Crippen molar-refractivity contribution < 1.29 is 14.3 Å². The van der Waals surface area contributed by atoms with Crippen molar-refractivity contribution in [1.82, 2.24) is 25.8 Å². The van der Waals surface area contributed by atoms with E-state index >= 15 is 0 Å². The lowest BCUT2D eigenvalue weighted by Gasteiger charge is -2.32. The number of hydrogen-bond donors (Lipinski definition) is 3. The third kappa shape index (κ3) is 8.84. The molecule has 10 heteroatoms. The molecule has 1 aromatic rings. The summed E-state index contributed by atoms with van der Waals surface area (Å²) in [7, 11) is 0. The van der Waals surface area contributed by atoms with Crippen molar-refractivity contribution in [2.45, 2.75) is 32.7 Å². The molecule has 0 spiro atoms. The molecule has 0 aliphatic carbocycles. The SMILES string of the molecule is CCNC(=NCCNC(=O)c1cccnc1)NC1CCN(C(=O)OCC)CC1.I. The van der Waals surface area contributed by atoms with Crippen LogP contribution in [0.4, 0.5) is 4.79 Å². The third-order valence-corrected chi connectivity index (χ3v) is 4.30. The first-order valence-corrected chi connectivity index (χ1v) is 9.78. The molecule has 1 fully saturated rings. The molecule has 9 nitrogen and oxygen atoms in total. The number of likely N-dealkylation sites (tertiary alicyclic amines) is 1. The Kier molecular flexibility index (Phi) is 12.0. The van der Waals surface area contributed by atoms with Crippen molar-refractivity contribution in [3.8, 4) is 0 Å².